The zero-order chi connectivity index (χ0) is 11.8. The van der Waals surface area contributed by atoms with E-state index in [-0.39, 0.29) is 6.04 Å². The molecule has 1 unspecified atom stereocenters. The third-order valence-corrected chi connectivity index (χ3v) is 3.93. The van der Waals surface area contributed by atoms with Crippen molar-refractivity contribution in [1.82, 2.24) is 5.32 Å². The third-order valence-electron chi connectivity index (χ3n) is 3.37. The summed E-state index contributed by atoms with van der Waals surface area (Å²) in [7, 11) is 0. The van der Waals surface area contributed by atoms with Crippen molar-refractivity contribution in [1.29, 1.82) is 0 Å². The fourth-order valence-electron chi connectivity index (χ4n) is 1.75. The van der Waals surface area contributed by atoms with Gasteiger partial charge in [0, 0.05) is 22.6 Å². The SMILES string of the molecule is CC(NCC1(C)CC1)c1ccc(Cl)cc1Cl. The van der Waals surface area contributed by atoms with Gasteiger partial charge in [-0.1, -0.05) is 36.2 Å². The minimum Gasteiger partial charge on any atom is -0.310 e. The van der Waals surface area contributed by atoms with Crippen molar-refractivity contribution in [2.24, 2.45) is 5.41 Å². The van der Waals surface area contributed by atoms with Gasteiger partial charge in [-0.05, 0) is 42.9 Å². The van der Waals surface area contributed by atoms with Crippen LogP contribution in [0.4, 0.5) is 0 Å². The van der Waals surface area contributed by atoms with E-state index >= 15 is 0 Å². The first-order valence-corrected chi connectivity index (χ1v) is 6.44. The van der Waals surface area contributed by atoms with E-state index in [0.717, 1.165) is 17.1 Å². The lowest BCUT2D eigenvalue weighted by atomic mass is 10.1. The predicted molar refractivity (Wildman–Crippen MR) is 70.2 cm³/mol. The average Bonchev–Trinajstić information content (AvgIpc) is 2.94. The molecule has 0 aromatic heterocycles. The number of hydrogen-bond acceptors (Lipinski definition) is 1. The summed E-state index contributed by atoms with van der Waals surface area (Å²) >= 11 is 12.0. The van der Waals surface area contributed by atoms with Gasteiger partial charge in [0.1, 0.15) is 0 Å². The number of rotatable bonds is 4. The molecule has 0 radical (unpaired) electrons. The zero-order valence-electron chi connectivity index (χ0n) is 9.69. The highest BCUT2D eigenvalue weighted by Gasteiger charge is 2.36. The van der Waals surface area contributed by atoms with Gasteiger partial charge in [-0.2, -0.15) is 0 Å². The fourth-order valence-corrected chi connectivity index (χ4v) is 2.32. The molecule has 0 bridgehead atoms. The lowest BCUT2D eigenvalue weighted by molar-refractivity contribution is 0.457. The summed E-state index contributed by atoms with van der Waals surface area (Å²) < 4.78 is 0. The summed E-state index contributed by atoms with van der Waals surface area (Å²) in [6, 6.07) is 5.97. The topological polar surface area (TPSA) is 12.0 Å². The Balaban J connectivity index is 1.99. The molecule has 0 amide bonds. The maximum atomic E-state index is 6.17. The predicted octanol–water partition coefficient (Wildman–Crippen LogP) is 4.44. The van der Waals surface area contributed by atoms with Crippen LogP contribution in [0.15, 0.2) is 18.2 Å². The first-order chi connectivity index (χ1) is 7.50. The average molecular weight is 258 g/mol. The molecule has 1 aromatic rings. The molecule has 0 heterocycles. The van der Waals surface area contributed by atoms with Gasteiger partial charge in [0.15, 0.2) is 0 Å². The summed E-state index contributed by atoms with van der Waals surface area (Å²) in [5.74, 6) is 0. The summed E-state index contributed by atoms with van der Waals surface area (Å²) in [6.45, 7) is 5.52. The first-order valence-electron chi connectivity index (χ1n) is 5.68. The molecular formula is C13H17Cl2N. The van der Waals surface area contributed by atoms with Crippen LogP contribution in [0.2, 0.25) is 10.0 Å². The second-order valence-electron chi connectivity index (χ2n) is 5.08. The molecule has 0 aliphatic heterocycles. The molecule has 1 atom stereocenters. The minimum atomic E-state index is 0.280. The van der Waals surface area contributed by atoms with Gasteiger partial charge in [-0.15, -0.1) is 0 Å². The van der Waals surface area contributed by atoms with Crippen molar-refractivity contribution in [2.45, 2.75) is 32.7 Å². The molecule has 0 saturated heterocycles. The van der Waals surface area contributed by atoms with E-state index in [4.69, 9.17) is 23.2 Å². The first kappa shape index (κ1) is 12.2. The van der Waals surface area contributed by atoms with E-state index < -0.39 is 0 Å². The number of halogens is 2. The summed E-state index contributed by atoms with van der Waals surface area (Å²) in [5, 5.41) is 4.97. The van der Waals surface area contributed by atoms with E-state index in [1.807, 2.05) is 12.1 Å². The van der Waals surface area contributed by atoms with E-state index in [2.05, 4.69) is 19.2 Å². The normalized spacial score (nSPS) is 19.5. The van der Waals surface area contributed by atoms with E-state index in [1.54, 1.807) is 6.07 Å². The molecule has 1 aromatic carbocycles. The monoisotopic (exact) mass is 257 g/mol. The van der Waals surface area contributed by atoms with E-state index in [0.29, 0.717) is 10.4 Å². The highest BCUT2D eigenvalue weighted by Crippen LogP contribution is 2.44. The van der Waals surface area contributed by atoms with Crippen molar-refractivity contribution in [3.05, 3.63) is 33.8 Å². The van der Waals surface area contributed by atoms with Crippen LogP contribution >= 0.6 is 23.2 Å². The van der Waals surface area contributed by atoms with Crippen molar-refractivity contribution >= 4 is 23.2 Å². The maximum absolute atomic E-state index is 6.17. The van der Waals surface area contributed by atoms with Gasteiger partial charge >= 0.3 is 0 Å². The lowest BCUT2D eigenvalue weighted by Crippen LogP contribution is -2.25. The number of benzene rings is 1. The van der Waals surface area contributed by atoms with Crippen molar-refractivity contribution in [3.63, 3.8) is 0 Å². The molecule has 1 aliphatic carbocycles. The van der Waals surface area contributed by atoms with Gasteiger partial charge in [-0.25, -0.2) is 0 Å². The largest absolute Gasteiger partial charge is 0.310 e. The molecule has 3 heteroatoms. The van der Waals surface area contributed by atoms with Crippen LogP contribution in [0.1, 0.15) is 38.3 Å². The molecule has 1 N–H and O–H groups in total. The molecule has 88 valence electrons. The Morgan fingerprint density at radius 3 is 2.62 bits per heavy atom. The molecular weight excluding hydrogens is 241 g/mol. The molecule has 1 fully saturated rings. The zero-order valence-corrected chi connectivity index (χ0v) is 11.2. The second-order valence-corrected chi connectivity index (χ2v) is 5.92. The highest BCUT2D eigenvalue weighted by atomic mass is 35.5. The molecule has 0 spiro atoms. The third kappa shape index (κ3) is 2.91. The maximum Gasteiger partial charge on any atom is 0.0468 e. The highest BCUT2D eigenvalue weighted by molar-refractivity contribution is 6.35. The molecule has 1 aliphatic rings. The van der Waals surface area contributed by atoms with Crippen LogP contribution in [0.3, 0.4) is 0 Å². The van der Waals surface area contributed by atoms with Gasteiger partial charge < -0.3 is 5.32 Å². The number of hydrogen-bond donors (Lipinski definition) is 1. The van der Waals surface area contributed by atoms with Gasteiger partial charge in [0.05, 0.1) is 0 Å². The van der Waals surface area contributed by atoms with Crippen LogP contribution in [0.25, 0.3) is 0 Å². The Labute approximate surface area is 107 Å². The molecule has 16 heavy (non-hydrogen) atoms. The second kappa shape index (κ2) is 4.56. The van der Waals surface area contributed by atoms with Gasteiger partial charge in [-0.3, -0.25) is 0 Å². The Bertz CT molecular complexity index is 386. The quantitative estimate of drug-likeness (QED) is 0.841. The van der Waals surface area contributed by atoms with Gasteiger partial charge in [0.2, 0.25) is 0 Å². The summed E-state index contributed by atoms with van der Waals surface area (Å²) in [5.41, 5.74) is 1.64. The molecule has 1 nitrogen and oxygen atoms in total. The Morgan fingerprint density at radius 2 is 2.06 bits per heavy atom. The van der Waals surface area contributed by atoms with Gasteiger partial charge in [0.25, 0.3) is 0 Å². The number of nitrogens with one attached hydrogen (secondary N) is 1. The van der Waals surface area contributed by atoms with Crippen molar-refractivity contribution in [3.8, 4) is 0 Å². The molecule has 1 saturated carbocycles. The Hall–Kier alpha value is -0.240. The van der Waals surface area contributed by atoms with Crippen LogP contribution in [0.5, 0.6) is 0 Å². The molecule has 2 rings (SSSR count). The Morgan fingerprint density at radius 1 is 1.38 bits per heavy atom. The van der Waals surface area contributed by atoms with Crippen molar-refractivity contribution in [2.75, 3.05) is 6.54 Å². The van der Waals surface area contributed by atoms with Crippen molar-refractivity contribution < 1.29 is 0 Å². The summed E-state index contributed by atoms with van der Waals surface area (Å²) in [4.78, 5) is 0. The lowest BCUT2D eigenvalue weighted by Gasteiger charge is -2.18. The summed E-state index contributed by atoms with van der Waals surface area (Å²) in [6.07, 6.45) is 2.67. The fraction of sp³-hybridized carbons (Fsp3) is 0.538. The van der Waals surface area contributed by atoms with E-state index in [1.165, 1.54) is 12.8 Å². The van der Waals surface area contributed by atoms with E-state index in [9.17, 15) is 0 Å². The minimum absolute atomic E-state index is 0.280. The standard InChI is InChI=1S/C13H17Cl2N/c1-9(16-8-13(2)5-6-13)11-4-3-10(14)7-12(11)15/h3-4,7,9,16H,5-6,8H2,1-2H3. The van der Waals surface area contributed by atoms with Crippen LogP contribution in [0, 0.1) is 5.41 Å². The van der Waals surface area contributed by atoms with Crippen LogP contribution < -0.4 is 5.32 Å². The Kier molecular flexibility index (Phi) is 3.48. The van der Waals surface area contributed by atoms with Crippen LogP contribution in [-0.4, -0.2) is 6.54 Å². The van der Waals surface area contributed by atoms with Crippen LogP contribution in [-0.2, 0) is 0 Å². The smallest absolute Gasteiger partial charge is 0.0468 e.